The first-order valence-corrected chi connectivity index (χ1v) is 7.47. The van der Waals surface area contributed by atoms with Gasteiger partial charge in [-0.2, -0.15) is 0 Å². The van der Waals surface area contributed by atoms with E-state index < -0.39 is 5.54 Å². The van der Waals surface area contributed by atoms with Crippen molar-refractivity contribution in [1.82, 2.24) is 5.32 Å². The van der Waals surface area contributed by atoms with Gasteiger partial charge in [-0.1, -0.05) is 35.9 Å². The Morgan fingerprint density at radius 2 is 2.00 bits per heavy atom. The van der Waals surface area contributed by atoms with E-state index in [1.807, 2.05) is 30.3 Å². The molecule has 1 heterocycles. The van der Waals surface area contributed by atoms with Gasteiger partial charge in [-0.25, -0.2) is 4.99 Å². The molecule has 0 saturated heterocycles. The minimum Gasteiger partial charge on any atom is -0.497 e. The van der Waals surface area contributed by atoms with E-state index >= 15 is 0 Å². The van der Waals surface area contributed by atoms with Crippen LogP contribution in [0.2, 0.25) is 5.02 Å². The number of methoxy groups -OCH3 is 1. The lowest BCUT2D eigenvalue weighted by molar-refractivity contribution is -0.124. The van der Waals surface area contributed by atoms with Crippen LogP contribution in [0.4, 0.5) is 0 Å². The average Bonchev–Trinajstić information content (AvgIpc) is 2.83. The molecular weight excluding hydrogens is 314 g/mol. The van der Waals surface area contributed by atoms with Gasteiger partial charge in [0.1, 0.15) is 5.75 Å². The van der Waals surface area contributed by atoms with E-state index in [9.17, 15) is 4.79 Å². The maximum Gasteiger partial charge on any atom is 0.259 e. The minimum atomic E-state index is -1.11. The second kappa shape index (κ2) is 5.93. The molecule has 2 aromatic rings. The first-order chi connectivity index (χ1) is 11.0. The number of nitrogens with one attached hydrogen (secondary N) is 1. The Bertz CT molecular complexity index is 774. The van der Waals surface area contributed by atoms with Gasteiger partial charge in [0.25, 0.3) is 5.91 Å². The number of hydrogen-bond donors (Lipinski definition) is 2. The zero-order valence-electron chi connectivity index (χ0n) is 12.5. The quantitative estimate of drug-likeness (QED) is 0.903. The Morgan fingerprint density at radius 3 is 2.57 bits per heavy atom. The van der Waals surface area contributed by atoms with Crippen molar-refractivity contribution in [3.05, 3.63) is 64.7 Å². The van der Waals surface area contributed by atoms with Crippen molar-refractivity contribution >= 4 is 23.5 Å². The number of nitrogens with zero attached hydrogens (tertiary/aromatic N) is 1. The van der Waals surface area contributed by atoms with Gasteiger partial charge in [0.2, 0.25) is 0 Å². The van der Waals surface area contributed by atoms with Crippen molar-refractivity contribution in [1.29, 1.82) is 0 Å². The van der Waals surface area contributed by atoms with E-state index in [1.54, 1.807) is 25.3 Å². The Kier molecular flexibility index (Phi) is 3.96. The summed E-state index contributed by atoms with van der Waals surface area (Å²) in [6.45, 7) is 0. The molecule has 23 heavy (non-hydrogen) atoms. The average molecular weight is 330 g/mol. The van der Waals surface area contributed by atoms with E-state index in [1.165, 1.54) is 0 Å². The van der Waals surface area contributed by atoms with Crippen molar-refractivity contribution < 1.29 is 9.53 Å². The molecule has 1 amide bonds. The van der Waals surface area contributed by atoms with Gasteiger partial charge >= 0.3 is 0 Å². The van der Waals surface area contributed by atoms with Crippen molar-refractivity contribution in [3.8, 4) is 5.75 Å². The molecule has 0 aliphatic carbocycles. The molecule has 0 bridgehead atoms. The molecule has 0 spiro atoms. The zero-order chi connectivity index (χ0) is 16.4. The van der Waals surface area contributed by atoms with Crippen LogP contribution in [-0.4, -0.2) is 19.0 Å². The van der Waals surface area contributed by atoms with Crippen molar-refractivity contribution in [3.63, 3.8) is 0 Å². The molecule has 118 valence electrons. The maximum absolute atomic E-state index is 12.6. The zero-order valence-corrected chi connectivity index (χ0v) is 13.3. The van der Waals surface area contributed by atoms with Crippen molar-refractivity contribution in [2.75, 3.05) is 7.11 Å². The van der Waals surface area contributed by atoms with Gasteiger partial charge in [0.05, 0.1) is 7.11 Å². The van der Waals surface area contributed by atoms with Crippen LogP contribution in [0.3, 0.4) is 0 Å². The van der Waals surface area contributed by atoms with Gasteiger partial charge in [-0.3, -0.25) is 10.1 Å². The van der Waals surface area contributed by atoms with Crippen LogP contribution in [-0.2, 0) is 16.8 Å². The maximum atomic E-state index is 12.6. The fourth-order valence-corrected chi connectivity index (χ4v) is 2.90. The number of guanidine groups is 1. The third-order valence-corrected chi connectivity index (χ3v) is 4.08. The molecule has 2 aromatic carbocycles. The number of aliphatic imine (C=N–C) groups is 1. The molecule has 1 atom stereocenters. The molecular formula is C17H16ClN3O2. The summed E-state index contributed by atoms with van der Waals surface area (Å²) in [7, 11) is 1.61. The third kappa shape index (κ3) is 2.87. The lowest BCUT2D eigenvalue weighted by Gasteiger charge is -2.24. The predicted molar refractivity (Wildman–Crippen MR) is 89.6 cm³/mol. The second-order valence-corrected chi connectivity index (χ2v) is 5.78. The molecule has 1 aliphatic rings. The summed E-state index contributed by atoms with van der Waals surface area (Å²) in [5, 5.41) is 3.14. The van der Waals surface area contributed by atoms with Crippen LogP contribution in [0.15, 0.2) is 53.5 Å². The molecule has 3 rings (SSSR count). The minimum absolute atomic E-state index is 0.114. The monoisotopic (exact) mass is 329 g/mol. The molecule has 1 aliphatic heterocycles. The molecule has 1 unspecified atom stereocenters. The van der Waals surface area contributed by atoms with Gasteiger partial charge < -0.3 is 10.5 Å². The first kappa shape index (κ1) is 15.4. The summed E-state index contributed by atoms with van der Waals surface area (Å²) >= 11 is 6.08. The van der Waals surface area contributed by atoms with E-state index in [0.717, 1.165) is 11.3 Å². The van der Waals surface area contributed by atoms with Gasteiger partial charge in [-0.05, 0) is 35.4 Å². The molecule has 0 fully saturated rings. The highest BCUT2D eigenvalue weighted by molar-refractivity contribution is 6.30. The predicted octanol–water partition coefficient (Wildman–Crippen LogP) is 2.23. The van der Waals surface area contributed by atoms with Crippen LogP contribution < -0.4 is 15.8 Å². The largest absolute Gasteiger partial charge is 0.497 e. The fourth-order valence-electron chi connectivity index (χ4n) is 2.71. The van der Waals surface area contributed by atoms with Gasteiger partial charge in [0.15, 0.2) is 11.5 Å². The first-order valence-electron chi connectivity index (χ1n) is 7.09. The van der Waals surface area contributed by atoms with Crippen LogP contribution in [0, 0.1) is 0 Å². The Hall–Kier alpha value is -2.53. The lowest BCUT2D eigenvalue weighted by atomic mass is 9.84. The standard InChI is InChI=1S/C17H16ClN3O2/c1-23-14-7-5-11(6-8-14)10-17(15(22)20-16(19)21-17)12-3-2-4-13(18)9-12/h2-9H,10H2,1H3,(H3,19,20,21,22). The molecule has 3 N–H and O–H groups in total. The molecule has 0 radical (unpaired) electrons. The summed E-state index contributed by atoms with van der Waals surface area (Å²) in [4.78, 5) is 17.0. The summed E-state index contributed by atoms with van der Waals surface area (Å²) in [5.74, 6) is 0.612. The van der Waals surface area contributed by atoms with E-state index in [4.69, 9.17) is 22.1 Å². The van der Waals surface area contributed by atoms with Crippen molar-refractivity contribution in [2.24, 2.45) is 10.7 Å². The molecule has 6 heteroatoms. The number of benzene rings is 2. The Labute approximate surface area is 139 Å². The van der Waals surface area contributed by atoms with Gasteiger partial charge in [-0.15, -0.1) is 0 Å². The summed E-state index contributed by atoms with van der Waals surface area (Å²) in [6.07, 6.45) is 0.379. The summed E-state index contributed by atoms with van der Waals surface area (Å²) in [6, 6.07) is 14.6. The third-order valence-electron chi connectivity index (χ3n) is 3.85. The highest BCUT2D eigenvalue weighted by Gasteiger charge is 2.45. The van der Waals surface area contributed by atoms with Crippen molar-refractivity contribution in [2.45, 2.75) is 12.0 Å². The number of amides is 1. The summed E-state index contributed by atoms with van der Waals surface area (Å²) in [5.41, 5.74) is 6.28. The van der Waals surface area contributed by atoms with E-state index in [0.29, 0.717) is 17.0 Å². The number of rotatable bonds is 4. The molecule has 0 saturated carbocycles. The van der Waals surface area contributed by atoms with Crippen LogP contribution in [0.1, 0.15) is 11.1 Å². The highest BCUT2D eigenvalue weighted by Crippen LogP contribution is 2.34. The smallest absolute Gasteiger partial charge is 0.259 e. The number of hydrogen-bond acceptors (Lipinski definition) is 4. The normalized spacial score (nSPS) is 20.1. The van der Waals surface area contributed by atoms with E-state index in [-0.39, 0.29) is 11.9 Å². The number of ether oxygens (including phenoxy) is 1. The lowest BCUT2D eigenvalue weighted by Crippen LogP contribution is -2.40. The molecule has 0 aromatic heterocycles. The Balaban J connectivity index is 2.04. The van der Waals surface area contributed by atoms with E-state index in [2.05, 4.69) is 10.3 Å². The number of nitrogens with two attached hydrogens (primary N) is 1. The number of halogens is 1. The highest BCUT2D eigenvalue weighted by atomic mass is 35.5. The van der Waals surface area contributed by atoms with Crippen LogP contribution in [0.25, 0.3) is 0 Å². The topological polar surface area (TPSA) is 76.7 Å². The second-order valence-electron chi connectivity index (χ2n) is 5.35. The Morgan fingerprint density at radius 1 is 1.26 bits per heavy atom. The number of carbonyl (C=O) groups excluding carboxylic acids is 1. The summed E-state index contributed by atoms with van der Waals surface area (Å²) < 4.78 is 5.16. The fraction of sp³-hybridized carbons (Fsp3) is 0.176. The van der Waals surface area contributed by atoms with Gasteiger partial charge in [0, 0.05) is 11.4 Å². The SMILES string of the molecule is COc1ccc(CC2(c3cccc(Cl)c3)N=C(N)NC2=O)cc1. The molecule has 5 nitrogen and oxygen atoms in total. The number of carbonyl (C=O) groups is 1. The van der Waals surface area contributed by atoms with Crippen LogP contribution in [0.5, 0.6) is 5.75 Å². The van der Waals surface area contributed by atoms with Crippen LogP contribution >= 0.6 is 11.6 Å².